The summed E-state index contributed by atoms with van der Waals surface area (Å²) >= 11 is 1.12. The lowest BCUT2D eigenvalue weighted by molar-refractivity contribution is 0.585. The van der Waals surface area contributed by atoms with E-state index in [-0.39, 0.29) is 5.92 Å². The number of hydrogen-bond donors (Lipinski definition) is 1. The summed E-state index contributed by atoms with van der Waals surface area (Å²) in [5.41, 5.74) is 1.91. The molecule has 0 aromatic heterocycles. The molecule has 0 radical (unpaired) electrons. The number of nitrogens with one attached hydrogen (secondary N) is 1. The lowest BCUT2D eigenvalue weighted by atomic mass is 10.1. The smallest absolute Gasteiger partial charge is 0.272 e. The van der Waals surface area contributed by atoms with Gasteiger partial charge >= 0.3 is 0 Å². The van der Waals surface area contributed by atoms with E-state index in [2.05, 4.69) is 11.6 Å². The summed E-state index contributed by atoms with van der Waals surface area (Å²) in [6, 6.07) is 7.74. The fourth-order valence-corrected chi connectivity index (χ4v) is 4.72. The Kier molecular flexibility index (Phi) is 5.58. The SMILES string of the molecule is CCc1ccc(N(CC(C)C)S(=O)(=O)C2=CC=CNS2)cc1. The zero-order valence-corrected chi connectivity index (χ0v) is 14.7. The van der Waals surface area contributed by atoms with E-state index >= 15 is 0 Å². The molecule has 0 unspecified atom stereocenters. The van der Waals surface area contributed by atoms with Gasteiger partial charge in [-0.05, 0) is 54.1 Å². The molecule has 1 heterocycles. The van der Waals surface area contributed by atoms with Crippen LogP contribution < -0.4 is 9.03 Å². The van der Waals surface area contributed by atoms with Gasteiger partial charge in [0.25, 0.3) is 10.0 Å². The van der Waals surface area contributed by atoms with Crippen LogP contribution in [0.5, 0.6) is 0 Å². The second-order valence-electron chi connectivity index (χ2n) is 5.51. The van der Waals surface area contributed by atoms with Crippen LogP contribution in [-0.2, 0) is 16.4 Å². The van der Waals surface area contributed by atoms with Crippen LogP contribution in [0.25, 0.3) is 0 Å². The molecule has 1 aliphatic heterocycles. The number of benzene rings is 1. The zero-order valence-electron chi connectivity index (χ0n) is 13.1. The summed E-state index contributed by atoms with van der Waals surface area (Å²) in [4.78, 5) is 0. The van der Waals surface area contributed by atoms with Crippen LogP contribution in [0.15, 0.2) is 46.9 Å². The Hall–Kier alpha value is -1.40. The van der Waals surface area contributed by atoms with E-state index in [1.165, 1.54) is 9.87 Å². The molecule has 0 saturated heterocycles. The lowest BCUT2D eigenvalue weighted by Crippen LogP contribution is -2.35. The van der Waals surface area contributed by atoms with Crippen molar-refractivity contribution in [2.75, 3.05) is 10.8 Å². The Morgan fingerprint density at radius 1 is 1.23 bits per heavy atom. The number of nitrogens with zero attached hydrogens (tertiary/aromatic N) is 1. The molecule has 0 aliphatic carbocycles. The second kappa shape index (κ2) is 7.24. The Morgan fingerprint density at radius 3 is 2.41 bits per heavy atom. The Morgan fingerprint density at radius 2 is 1.91 bits per heavy atom. The molecule has 0 saturated carbocycles. The summed E-state index contributed by atoms with van der Waals surface area (Å²) < 4.78 is 30.6. The van der Waals surface area contributed by atoms with Gasteiger partial charge in [0.15, 0.2) is 0 Å². The molecule has 0 fully saturated rings. The maximum Gasteiger partial charge on any atom is 0.272 e. The normalized spacial score (nSPS) is 14.6. The van der Waals surface area contributed by atoms with Gasteiger partial charge in [0.05, 0.1) is 5.69 Å². The molecule has 0 amide bonds. The van der Waals surface area contributed by atoms with Crippen LogP contribution in [-0.4, -0.2) is 15.0 Å². The van der Waals surface area contributed by atoms with E-state index in [1.807, 2.05) is 38.1 Å². The van der Waals surface area contributed by atoms with Crippen LogP contribution in [0.4, 0.5) is 5.69 Å². The van der Waals surface area contributed by atoms with Crippen molar-refractivity contribution in [3.05, 3.63) is 52.4 Å². The minimum Gasteiger partial charge on any atom is -0.332 e. The Balaban J connectivity index is 2.40. The first-order valence-corrected chi connectivity index (χ1v) is 9.61. The molecule has 0 bridgehead atoms. The van der Waals surface area contributed by atoms with E-state index < -0.39 is 10.0 Å². The van der Waals surface area contributed by atoms with Crippen molar-refractivity contribution in [3.63, 3.8) is 0 Å². The fourth-order valence-electron chi connectivity index (χ4n) is 2.11. The van der Waals surface area contributed by atoms with Gasteiger partial charge in [-0.1, -0.05) is 32.9 Å². The summed E-state index contributed by atoms with van der Waals surface area (Å²) in [6.45, 7) is 6.57. The summed E-state index contributed by atoms with van der Waals surface area (Å²) in [6.07, 6.45) is 5.99. The monoisotopic (exact) mass is 338 g/mol. The van der Waals surface area contributed by atoms with Crippen molar-refractivity contribution < 1.29 is 8.42 Å². The first-order valence-electron chi connectivity index (χ1n) is 7.36. The maximum atomic E-state index is 12.9. The molecule has 1 aromatic rings. The molecule has 0 atom stereocenters. The fraction of sp³-hybridized carbons (Fsp3) is 0.375. The summed E-state index contributed by atoms with van der Waals surface area (Å²) in [5, 5.41) is 0. The van der Waals surface area contributed by atoms with E-state index in [4.69, 9.17) is 0 Å². The number of hydrogen-bond acceptors (Lipinski definition) is 4. The molecular weight excluding hydrogens is 316 g/mol. The lowest BCUT2D eigenvalue weighted by Gasteiger charge is -2.27. The second-order valence-corrected chi connectivity index (χ2v) is 8.48. The highest BCUT2D eigenvalue weighted by Gasteiger charge is 2.28. The zero-order chi connectivity index (χ0) is 16.2. The van der Waals surface area contributed by atoms with Gasteiger partial charge in [0.1, 0.15) is 4.24 Å². The van der Waals surface area contributed by atoms with Gasteiger partial charge in [-0.25, -0.2) is 8.42 Å². The topological polar surface area (TPSA) is 49.4 Å². The molecule has 22 heavy (non-hydrogen) atoms. The molecule has 120 valence electrons. The third-order valence-corrected chi connectivity index (χ3v) is 6.32. The highest BCUT2D eigenvalue weighted by atomic mass is 32.3. The quantitative estimate of drug-likeness (QED) is 0.805. The molecule has 0 spiro atoms. The van der Waals surface area contributed by atoms with Gasteiger partial charge in [-0.2, -0.15) is 0 Å². The third-order valence-electron chi connectivity index (χ3n) is 3.26. The minimum atomic E-state index is -3.55. The Labute approximate surface area is 137 Å². The number of anilines is 1. The van der Waals surface area contributed by atoms with Crippen LogP contribution in [0, 0.1) is 5.92 Å². The van der Waals surface area contributed by atoms with E-state index in [0.29, 0.717) is 16.5 Å². The molecule has 1 aliphatic rings. The summed E-state index contributed by atoms with van der Waals surface area (Å²) in [5.74, 6) is 0.235. The number of allylic oxidation sites excluding steroid dienone is 2. The first-order chi connectivity index (χ1) is 10.4. The maximum absolute atomic E-state index is 12.9. The minimum absolute atomic E-state index is 0.235. The van der Waals surface area contributed by atoms with Gasteiger partial charge in [0, 0.05) is 12.7 Å². The summed E-state index contributed by atoms with van der Waals surface area (Å²) in [7, 11) is -3.55. The largest absolute Gasteiger partial charge is 0.332 e. The first kappa shape index (κ1) is 17.0. The van der Waals surface area contributed by atoms with Crippen molar-refractivity contribution in [1.29, 1.82) is 0 Å². The highest BCUT2D eigenvalue weighted by molar-refractivity contribution is 8.18. The molecule has 2 rings (SSSR count). The van der Waals surface area contributed by atoms with Gasteiger partial charge < -0.3 is 4.72 Å². The average molecular weight is 338 g/mol. The van der Waals surface area contributed by atoms with Crippen LogP contribution in [0.3, 0.4) is 0 Å². The Bertz CT molecular complexity index is 662. The molecule has 1 aromatic carbocycles. The van der Waals surface area contributed by atoms with Crippen LogP contribution >= 0.6 is 11.9 Å². The van der Waals surface area contributed by atoms with Crippen molar-refractivity contribution in [3.8, 4) is 0 Å². The van der Waals surface area contributed by atoms with Gasteiger partial charge in [-0.3, -0.25) is 4.31 Å². The predicted molar refractivity (Wildman–Crippen MR) is 94.9 cm³/mol. The van der Waals surface area contributed by atoms with E-state index in [1.54, 1.807) is 18.4 Å². The van der Waals surface area contributed by atoms with Gasteiger partial charge in [-0.15, -0.1) is 0 Å². The number of rotatable bonds is 6. The van der Waals surface area contributed by atoms with E-state index in [0.717, 1.165) is 18.4 Å². The van der Waals surface area contributed by atoms with E-state index in [9.17, 15) is 8.42 Å². The van der Waals surface area contributed by atoms with Crippen molar-refractivity contribution in [1.82, 2.24) is 4.72 Å². The number of sulfonamides is 1. The van der Waals surface area contributed by atoms with Crippen molar-refractivity contribution >= 4 is 27.7 Å². The van der Waals surface area contributed by atoms with Crippen LogP contribution in [0.2, 0.25) is 0 Å². The van der Waals surface area contributed by atoms with Crippen LogP contribution in [0.1, 0.15) is 26.3 Å². The molecular formula is C16H22N2O2S2. The number of aryl methyl sites for hydroxylation is 1. The predicted octanol–water partition coefficient (Wildman–Crippen LogP) is 3.65. The van der Waals surface area contributed by atoms with Crippen molar-refractivity contribution in [2.24, 2.45) is 5.92 Å². The van der Waals surface area contributed by atoms with Crippen molar-refractivity contribution in [2.45, 2.75) is 27.2 Å². The standard InChI is InChI=1S/C16H22N2O2S2/c1-4-14-7-9-15(10-8-14)18(12-13(2)3)22(19,20)16-6-5-11-17-21-16/h5-11,13,17H,4,12H2,1-3H3. The van der Waals surface area contributed by atoms with Gasteiger partial charge in [0.2, 0.25) is 0 Å². The molecule has 6 heteroatoms. The molecule has 1 N–H and O–H groups in total. The molecule has 4 nitrogen and oxygen atoms in total. The third kappa shape index (κ3) is 3.87. The highest BCUT2D eigenvalue weighted by Crippen LogP contribution is 2.30. The average Bonchev–Trinajstić information content (AvgIpc) is 2.53.